The topological polar surface area (TPSA) is 107 Å². The van der Waals surface area contributed by atoms with Crippen LogP contribution in [0.15, 0.2) is 11.2 Å². The number of aromatic nitrogens is 2. The first-order valence-corrected chi connectivity index (χ1v) is 8.32. The molecule has 21 heavy (non-hydrogen) atoms. The fourth-order valence-corrected chi connectivity index (χ4v) is 3.88. The SMILES string of the molecule is CCC(C)N1CCN(S(=O)(=O)c2[nH]ncc2C(=O)O)CC1. The minimum Gasteiger partial charge on any atom is -0.478 e. The van der Waals surface area contributed by atoms with Gasteiger partial charge in [0.25, 0.3) is 10.0 Å². The van der Waals surface area contributed by atoms with E-state index in [2.05, 4.69) is 28.9 Å². The number of hydrogen-bond donors (Lipinski definition) is 2. The van der Waals surface area contributed by atoms with E-state index in [0.29, 0.717) is 32.2 Å². The van der Waals surface area contributed by atoms with E-state index in [4.69, 9.17) is 5.11 Å². The second-order valence-corrected chi connectivity index (χ2v) is 6.99. The zero-order chi connectivity index (χ0) is 15.6. The van der Waals surface area contributed by atoms with Crippen LogP contribution in [0.4, 0.5) is 0 Å². The number of aromatic carboxylic acids is 1. The summed E-state index contributed by atoms with van der Waals surface area (Å²) in [5, 5.41) is 14.5. The normalized spacial score (nSPS) is 19.5. The molecule has 118 valence electrons. The third-order valence-corrected chi connectivity index (χ3v) is 5.79. The number of sulfonamides is 1. The van der Waals surface area contributed by atoms with Crippen LogP contribution < -0.4 is 0 Å². The zero-order valence-corrected chi connectivity index (χ0v) is 12.9. The first kappa shape index (κ1) is 15.9. The Labute approximate surface area is 123 Å². The van der Waals surface area contributed by atoms with E-state index >= 15 is 0 Å². The molecule has 1 fully saturated rings. The molecular formula is C12H20N4O4S. The van der Waals surface area contributed by atoms with Crippen LogP contribution >= 0.6 is 0 Å². The van der Waals surface area contributed by atoms with Crippen molar-refractivity contribution in [3.05, 3.63) is 11.8 Å². The number of hydrogen-bond acceptors (Lipinski definition) is 5. The third kappa shape index (κ3) is 3.09. The molecule has 0 radical (unpaired) electrons. The van der Waals surface area contributed by atoms with Crippen molar-refractivity contribution in [2.24, 2.45) is 0 Å². The number of aromatic amines is 1. The molecule has 1 atom stereocenters. The first-order valence-electron chi connectivity index (χ1n) is 6.88. The summed E-state index contributed by atoms with van der Waals surface area (Å²) >= 11 is 0. The van der Waals surface area contributed by atoms with Crippen LogP contribution in [0.1, 0.15) is 30.6 Å². The van der Waals surface area contributed by atoms with Crippen molar-refractivity contribution in [2.75, 3.05) is 26.2 Å². The fraction of sp³-hybridized carbons (Fsp3) is 0.667. The van der Waals surface area contributed by atoms with Gasteiger partial charge >= 0.3 is 5.97 Å². The van der Waals surface area contributed by atoms with Crippen molar-refractivity contribution in [1.82, 2.24) is 19.4 Å². The molecule has 0 amide bonds. The molecule has 0 spiro atoms. The Morgan fingerprint density at radius 1 is 1.43 bits per heavy atom. The number of H-pyrrole nitrogens is 1. The van der Waals surface area contributed by atoms with Crippen LogP contribution in [0.25, 0.3) is 0 Å². The Morgan fingerprint density at radius 3 is 2.57 bits per heavy atom. The van der Waals surface area contributed by atoms with E-state index in [1.165, 1.54) is 4.31 Å². The number of piperazine rings is 1. The van der Waals surface area contributed by atoms with E-state index in [9.17, 15) is 13.2 Å². The maximum atomic E-state index is 12.5. The lowest BCUT2D eigenvalue weighted by Crippen LogP contribution is -2.51. The summed E-state index contributed by atoms with van der Waals surface area (Å²) in [4.78, 5) is 13.3. The van der Waals surface area contributed by atoms with E-state index in [1.807, 2.05) is 0 Å². The predicted octanol–water partition coefficient (Wildman–Crippen LogP) is 0.213. The Balaban J connectivity index is 2.15. The number of rotatable bonds is 5. The van der Waals surface area contributed by atoms with Crippen LogP contribution in [-0.2, 0) is 10.0 Å². The Kier molecular flexibility index (Phi) is 4.64. The highest BCUT2D eigenvalue weighted by molar-refractivity contribution is 7.89. The predicted molar refractivity (Wildman–Crippen MR) is 75.6 cm³/mol. The second kappa shape index (κ2) is 6.12. The summed E-state index contributed by atoms with van der Waals surface area (Å²) in [5.41, 5.74) is -0.320. The minimum atomic E-state index is -3.84. The van der Waals surface area contributed by atoms with Gasteiger partial charge in [0.2, 0.25) is 0 Å². The van der Waals surface area contributed by atoms with E-state index in [1.54, 1.807) is 0 Å². The van der Waals surface area contributed by atoms with Gasteiger partial charge in [-0.1, -0.05) is 6.92 Å². The van der Waals surface area contributed by atoms with Crippen molar-refractivity contribution in [1.29, 1.82) is 0 Å². The summed E-state index contributed by atoms with van der Waals surface area (Å²) < 4.78 is 26.3. The molecule has 1 aromatic rings. The quantitative estimate of drug-likeness (QED) is 0.804. The smallest absolute Gasteiger partial charge is 0.340 e. The molecule has 1 saturated heterocycles. The minimum absolute atomic E-state index is 0.320. The van der Waals surface area contributed by atoms with Gasteiger partial charge in [0, 0.05) is 32.2 Å². The van der Waals surface area contributed by atoms with Gasteiger partial charge < -0.3 is 5.11 Å². The van der Waals surface area contributed by atoms with Gasteiger partial charge in [-0.15, -0.1) is 0 Å². The molecular weight excluding hydrogens is 296 g/mol. The van der Waals surface area contributed by atoms with Crippen molar-refractivity contribution in [3.63, 3.8) is 0 Å². The molecule has 2 N–H and O–H groups in total. The van der Waals surface area contributed by atoms with Crippen molar-refractivity contribution >= 4 is 16.0 Å². The first-order chi connectivity index (χ1) is 9.87. The van der Waals surface area contributed by atoms with Crippen LogP contribution in [0.3, 0.4) is 0 Å². The highest BCUT2D eigenvalue weighted by Gasteiger charge is 2.33. The Hall–Kier alpha value is -1.45. The Morgan fingerprint density at radius 2 is 2.05 bits per heavy atom. The fourth-order valence-electron chi connectivity index (χ4n) is 2.40. The maximum absolute atomic E-state index is 12.5. The highest BCUT2D eigenvalue weighted by atomic mass is 32.2. The molecule has 2 heterocycles. The molecule has 9 heteroatoms. The Bertz CT molecular complexity index is 605. The molecule has 8 nitrogen and oxygen atoms in total. The summed E-state index contributed by atoms with van der Waals surface area (Å²) in [6.07, 6.45) is 2.03. The van der Waals surface area contributed by atoms with Crippen molar-refractivity contribution < 1.29 is 18.3 Å². The third-order valence-electron chi connectivity index (χ3n) is 3.92. The number of carbonyl (C=O) groups is 1. The summed E-state index contributed by atoms with van der Waals surface area (Å²) in [7, 11) is -3.84. The number of carboxylic acid groups (broad SMARTS) is 1. The van der Waals surface area contributed by atoms with Gasteiger partial charge in [0.05, 0.1) is 6.20 Å². The molecule has 0 saturated carbocycles. The summed E-state index contributed by atoms with van der Waals surface area (Å²) in [6.45, 7) is 6.20. The standard InChI is InChI=1S/C12H20N4O4S/c1-3-9(2)15-4-6-16(7-5-15)21(19,20)11-10(12(17)18)8-13-14-11/h8-9H,3-7H2,1-2H3,(H,13,14)(H,17,18). The summed E-state index contributed by atoms with van der Waals surface area (Å²) in [6, 6.07) is 0.414. The number of nitrogens with zero attached hydrogens (tertiary/aromatic N) is 3. The lowest BCUT2D eigenvalue weighted by molar-refractivity contribution is 0.0692. The van der Waals surface area contributed by atoms with Gasteiger partial charge in [0.15, 0.2) is 5.03 Å². The van der Waals surface area contributed by atoms with Gasteiger partial charge in [-0.25, -0.2) is 13.2 Å². The number of carboxylic acids is 1. The van der Waals surface area contributed by atoms with Gasteiger partial charge in [-0.3, -0.25) is 10.00 Å². The van der Waals surface area contributed by atoms with E-state index in [-0.39, 0.29) is 10.6 Å². The monoisotopic (exact) mass is 316 g/mol. The maximum Gasteiger partial charge on any atom is 0.340 e. The van der Waals surface area contributed by atoms with Gasteiger partial charge in [-0.05, 0) is 13.3 Å². The van der Waals surface area contributed by atoms with Crippen LogP contribution in [0, 0.1) is 0 Å². The van der Waals surface area contributed by atoms with Gasteiger partial charge in [-0.2, -0.15) is 9.40 Å². The average Bonchev–Trinajstić information content (AvgIpc) is 2.97. The molecule has 1 aliphatic rings. The molecule has 1 unspecified atom stereocenters. The summed E-state index contributed by atoms with van der Waals surface area (Å²) in [5.74, 6) is -1.31. The largest absolute Gasteiger partial charge is 0.478 e. The molecule has 0 aliphatic carbocycles. The zero-order valence-electron chi connectivity index (χ0n) is 12.1. The molecule has 1 aliphatic heterocycles. The van der Waals surface area contributed by atoms with Crippen molar-refractivity contribution in [3.8, 4) is 0 Å². The van der Waals surface area contributed by atoms with Crippen molar-refractivity contribution in [2.45, 2.75) is 31.3 Å². The molecule has 2 rings (SSSR count). The number of nitrogens with one attached hydrogen (secondary N) is 1. The molecule has 1 aromatic heterocycles. The lowest BCUT2D eigenvalue weighted by atomic mass is 10.2. The molecule has 0 bridgehead atoms. The van der Waals surface area contributed by atoms with Gasteiger partial charge in [0.1, 0.15) is 5.56 Å². The van der Waals surface area contributed by atoms with Crippen LogP contribution in [0.2, 0.25) is 0 Å². The lowest BCUT2D eigenvalue weighted by Gasteiger charge is -2.36. The van der Waals surface area contributed by atoms with E-state index in [0.717, 1.165) is 12.6 Å². The van der Waals surface area contributed by atoms with E-state index < -0.39 is 16.0 Å². The van der Waals surface area contributed by atoms with Crippen LogP contribution in [0.5, 0.6) is 0 Å². The average molecular weight is 316 g/mol. The second-order valence-electron chi connectivity index (χ2n) is 5.12. The van der Waals surface area contributed by atoms with Crippen LogP contribution in [-0.4, -0.2) is 71.1 Å². The molecule has 0 aromatic carbocycles. The highest BCUT2D eigenvalue weighted by Crippen LogP contribution is 2.20.